The van der Waals surface area contributed by atoms with Crippen LogP contribution in [0.2, 0.25) is 0 Å². The van der Waals surface area contributed by atoms with Gasteiger partial charge in [0.15, 0.2) is 11.5 Å². The van der Waals surface area contributed by atoms with Crippen LogP contribution in [0.1, 0.15) is 12.8 Å². The van der Waals surface area contributed by atoms with E-state index in [9.17, 15) is 13.2 Å². The van der Waals surface area contributed by atoms with Crippen molar-refractivity contribution >= 4 is 15.9 Å². The standard InChI is InChI=1S/C20H25N5O5S/c21-5-1-7-24(8-2-6-22)20(26)16-23-9-11-25(12-10-23)31(27,28)17-3-4-18-19(15-17)30-14-13-29-18/h3-4,15H,1-2,7-14,16H2. The number of nitrogens with zero attached hydrogens (tertiary/aromatic N) is 5. The van der Waals surface area contributed by atoms with E-state index >= 15 is 0 Å². The van der Waals surface area contributed by atoms with Crippen molar-refractivity contribution in [3.05, 3.63) is 18.2 Å². The minimum Gasteiger partial charge on any atom is -0.486 e. The Morgan fingerprint density at radius 3 is 2.23 bits per heavy atom. The van der Waals surface area contributed by atoms with Crippen molar-refractivity contribution in [2.24, 2.45) is 0 Å². The summed E-state index contributed by atoms with van der Waals surface area (Å²) in [4.78, 5) is 16.1. The summed E-state index contributed by atoms with van der Waals surface area (Å²) in [6.45, 7) is 2.88. The van der Waals surface area contributed by atoms with Gasteiger partial charge in [-0.2, -0.15) is 14.8 Å². The van der Waals surface area contributed by atoms with E-state index in [1.165, 1.54) is 21.3 Å². The number of nitriles is 2. The number of sulfonamides is 1. The van der Waals surface area contributed by atoms with Crippen LogP contribution >= 0.6 is 0 Å². The smallest absolute Gasteiger partial charge is 0.243 e. The van der Waals surface area contributed by atoms with Crippen molar-refractivity contribution in [3.8, 4) is 23.6 Å². The molecule has 1 saturated heterocycles. The molecule has 31 heavy (non-hydrogen) atoms. The van der Waals surface area contributed by atoms with Crippen LogP contribution in [0.25, 0.3) is 0 Å². The first-order valence-corrected chi connectivity index (χ1v) is 11.5. The molecule has 0 saturated carbocycles. The number of piperazine rings is 1. The highest BCUT2D eigenvalue weighted by atomic mass is 32.2. The lowest BCUT2D eigenvalue weighted by atomic mass is 10.3. The molecule has 1 aromatic rings. The highest BCUT2D eigenvalue weighted by Gasteiger charge is 2.30. The van der Waals surface area contributed by atoms with E-state index in [1.807, 2.05) is 17.0 Å². The Hall–Kier alpha value is -2.86. The van der Waals surface area contributed by atoms with Crippen LogP contribution in [-0.2, 0) is 14.8 Å². The van der Waals surface area contributed by atoms with E-state index < -0.39 is 10.0 Å². The second-order valence-electron chi connectivity index (χ2n) is 7.18. The predicted molar refractivity (Wildman–Crippen MR) is 110 cm³/mol. The number of hydrogen-bond donors (Lipinski definition) is 0. The van der Waals surface area contributed by atoms with Crippen molar-refractivity contribution in [1.82, 2.24) is 14.1 Å². The molecule has 0 unspecified atom stereocenters. The zero-order chi connectivity index (χ0) is 22.3. The fourth-order valence-corrected chi connectivity index (χ4v) is 4.92. The van der Waals surface area contributed by atoms with Crippen LogP contribution < -0.4 is 9.47 Å². The summed E-state index contributed by atoms with van der Waals surface area (Å²) in [5.74, 6) is 0.797. The van der Waals surface area contributed by atoms with Gasteiger partial charge in [0, 0.05) is 45.3 Å². The van der Waals surface area contributed by atoms with Gasteiger partial charge in [0.2, 0.25) is 15.9 Å². The van der Waals surface area contributed by atoms with Gasteiger partial charge in [0.05, 0.1) is 36.4 Å². The van der Waals surface area contributed by atoms with Crippen LogP contribution in [0.4, 0.5) is 0 Å². The third-order valence-corrected chi connectivity index (χ3v) is 7.08. The number of rotatable bonds is 8. The van der Waals surface area contributed by atoms with Gasteiger partial charge >= 0.3 is 0 Å². The lowest BCUT2D eigenvalue weighted by Crippen LogP contribution is -2.51. The quantitative estimate of drug-likeness (QED) is 0.561. The van der Waals surface area contributed by atoms with Gasteiger partial charge in [0.1, 0.15) is 13.2 Å². The molecule has 0 N–H and O–H groups in total. The van der Waals surface area contributed by atoms with Gasteiger partial charge in [-0.15, -0.1) is 0 Å². The van der Waals surface area contributed by atoms with E-state index in [0.29, 0.717) is 37.8 Å². The molecule has 0 atom stereocenters. The molecule has 0 aromatic heterocycles. The van der Waals surface area contributed by atoms with Crippen LogP contribution in [0.15, 0.2) is 23.1 Å². The SMILES string of the molecule is N#CCCN(CCC#N)C(=O)CN1CCN(S(=O)(=O)c2ccc3c(c2)OCCO3)CC1. The fourth-order valence-electron chi connectivity index (χ4n) is 3.48. The predicted octanol–water partition coefficient (Wildman–Crippen LogP) is 0.420. The molecule has 0 bridgehead atoms. The van der Waals surface area contributed by atoms with E-state index in [-0.39, 0.29) is 56.4 Å². The Morgan fingerprint density at radius 1 is 1.00 bits per heavy atom. The molecule has 166 valence electrons. The lowest BCUT2D eigenvalue weighted by Gasteiger charge is -2.34. The fraction of sp³-hybridized carbons (Fsp3) is 0.550. The summed E-state index contributed by atoms with van der Waals surface area (Å²) in [5, 5.41) is 17.5. The topological polar surface area (TPSA) is 127 Å². The summed E-state index contributed by atoms with van der Waals surface area (Å²) >= 11 is 0. The van der Waals surface area contributed by atoms with Gasteiger partial charge in [-0.3, -0.25) is 9.69 Å². The van der Waals surface area contributed by atoms with Crippen molar-refractivity contribution in [2.45, 2.75) is 17.7 Å². The number of hydrogen-bond acceptors (Lipinski definition) is 8. The maximum atomic E-state index is 13.0. The molecule has 3 rings (SSSR count). The number of carbonyl (C=O) groups is 1. The Morgan fingerprint density at radius 2 is 1.61 bits per heavy atom. The minimum absolute atomic E-state index is 0.134. The van der Waals surface area contributed by atoms with Crippen LogP contribution in [0.3, 0.4) is 0 Å². The maximum Gasteiger partial charge on any atom is 0.243 e. The molecule has 10 nitrogen and oxygen atoms in total. The molecule has 0 radical (unpaired) electrons. The number of amides is 1. The third-order valence-electron chi connectivity index (χ3n) is 5.18. The average Bonchev–Trinajstić information content (AvgIpc) is 2.79. The Labute approximate surface area is 182 Å². The molecule has 11 heteroatoms. The largest absolute Gasteiger partial charge is 0.486 e. The highest BCUT2D eigenvalue weighted by molar-refractivity contribution is 7.89. The van der Waals surface area contributed by atoms with Gasteiger partial charge in [-0.05, 0) is 12.1 Å². The van der Waals surface area contributed by atoms with Crippen molar-refractivity contribution < 1.29 is 22.7 Å². The highest BCUT2D eigenvalue weighted by Crippen LogP contribution is 2.33. The summed E-state index contributed by atoms with van der Waals surface area (Å²) in [7, 11) is -3.68. The van der Waals surface area contributed by atoms with Gasteiger partial charge < -0.3 is 14.4 Å². The first kappa shape index (κ1) is 22.8. The summed E-state index contributed by atoms with van der Waals surface area (Å²) in [5.41, 5.74) is 0. The average molecular weight is 448 g/mol. The minimum atomic E-state index is -3.68. The maximum absolute atomic E-state index is 13.0. The van der Waals surface area contributed by atoms with E-state index in [0.717, 1.165) is 0 Å². The monoisotopic (exact) mass is 447 g/mol. The number of benzene rings is 1. The van der Waals surface area contributed by atoms with Gasteiger partial charge in [0.25, 0.3) is 0 Å². The summed E-state index contributed by atoms with van der Waals surface area (Å²) < 4.78 is 38.4. The Kier molecular flexibility index (Phi) is 7.69. The lowest BCUT2D eigenvalue weighted by molar-refractivity contribution is -0.132. The second-order valence-corrected chi connectivity index (χ2v) is 9.12. The van der Waals surface area contributed by atoms with Crippen molar-refractivity contribution in [1.29, 1.82) is 10.5 Å². The molecule has 0 spiro atoms. The third kappa shape index (κ3) is 5.64. The normalized spacial score (nSPS) is 16.8. The van der Waals surface area contributed by atoms with E-state index in [1.54, 1.807) is 6.07 Å². The van der Waals surface area contributed by atoms with Gasteiger partial charge in [-0.1, -0.05) is 0 Å². The molecular weight excluding hydrogens is 422 g/mol. The number of carbonyl (C=O) groups excluding carboxylic acids is 1. The molecule has 2 heterocycles. The number of fused-ring (bicyclic) bond motifs is 1. The second kappa shape index (κ2) is 10.4. The zero-order valence-electron chi connectivity index (χ0n) is 17.2. The zero-order valence-corrected chi connectivity index (χ0v) is 18.0. The van der Waals surface area contributed by atoms with Crippen molar-refractivity contribution in [2.75, 3.05) is 59.0 Å². The molecule has 1 aromatic carbocycles. The van der Waals surface area contributed by atoms with Gasteiger partial charge in [-0.25, -0.2) is 8.42 Å². The molecule has 1 fully saturated rings. The molecule has 0 aliphatic carbocycles. The van der Waals surface area contributed by atoms with Crippen LogP contribution in [0, 0.1) is 22.7 Å². The van der Waals surface area contributed by atoms with Crippen molar-refractivity contribution in [3.63, 3.8) is 0 Å². The van der Waals surface area contributed by atoms with Crippen LogP contribution in [-0.4, -0.2) is 87.5 Å². The summed E-state index contributed by atoms with van der Waals surface area (Å²) in [6.07, 6.45) is 0.414. The molecular formula is C20H25N5O5S. The molecule has 2 aliphatic heterocycles. The Balaban J connectivity index is 1.57. The first-order chi connectivity index (χ1) is 15.0. The molecule has 1 amide bonds. The first-order valence-electron chi connectivity index (χ1n) is 10.1. The van der Waals surface area contributed by atoms with E-state index in [2.05, 4.69) is 0 Å². The molecule has 2 aliphatic rings. The van der Waals surface area contributed by atoms with E-state index in [4.69, 9.17) is 20.0 Å². The number of ether oxygens (including phenoxy) is 2. The van der Waals surface area contributed by atoms with Crippen LogP contribution in [0.5, 0.6) is 11.5 Å². The summed E-state index contributed by atoms with van der Waals surface area (Å²) in [6, 6.07) is 8.63. The Bertz CT molecular complexity index is 959.